The molecule has 4 heteroatoms. The molecule has 1 saturated heterocycles. The van der Waals surface area contributed by atoms with Gasteiger partial charge >= 0.3 is 0 Å². The van der Waals surface area contributed by atoms with Gasteiger partial charge in [-0.15, -0.1) is 0 Å². The minimum absolute atomic E-state index is 0.201. The molecule has 92 valence electrons. The monoisotopic (exact) mass is 234 g/mol. The second-order valence-corrected chi connectivity index (χ2v) is 4.74. The van der Waals surface area contributed by atoms with Crippen LogP contribution in [0.25, 0.3) is 0 Å². The van der Waals surface area contributed by atoms with E-state index in [1.165, 1.54) is 12.8 Å². The van der Waals surface area contributed by atoms with Gasteiger partial charge < -0.3 is 14.8 Å². The first kappa shape index (κ1) is 11.0. The molecule has 4 nitrogen and oxygen atoms in total. The van der Waals surface area contributed by atoms with Crippen LogP contribution in [0, 0.1) is 0 Å². The molecule has 3 rings (SSSR count). The lowest BCUT2D eigenvalue weighted by atomic mass is 10.3. The van der Waals surface area contributed by atoms with E-state index in [2.05, 4.69) is 10.3 Å². The Labute approximate surface area is 101 Å². The van der Waals surface area contributed by atoms with Gasteiger partial charge in [0.2, 0.25) is 0 Å². The summed E-state index contributed by atoms with van der Waals surface area (Å²) < 4.78 is 11.0. The average Bonchev–Trinajstić information content (AvgIpc) is 3.05. The summed E-state index contributed by atoms with van der Waals surface area (Å²) in [6.07, 6.45) is 5.60. The molecule has 1 unspecified atom stereocenters. The van der Waals surface area contributed by atoms with E-state index < -0.39 is 0 Å². The lowest BCUT2D eigenvalue weighted by Crippen LogP contribution is -2.17. The highest BCUT2D eigenvalue weighted by Gasteiger charge is 2.20. The van der Waals surface area contributed by atoms with Gasteiger partial charge in [0, 0.05) is 19.0 Å². The molecule has 1 atom stereocenters. The van der Waals surface area contributed by atoms with Crippen LogP contribution < -0.4 is 10.1 Å². The van der Waals surface area contributed by atoms with Crippen molar-refractivity contribution in [2.75, 3.05) is 13.2 Å². The number of aromatic nitrogens is 1. The summed E-state index contributed by atoms with van der Waals surface area (Å²) in [7, 11) is 0. The van der Waals surface area contributed by atoms with Gasteiger partial charge in [-0.05, 0) is 25.0 Å². The molecule has 2 fully saturated rings. The van der Waals surface area contributed by atoms with Crippen molar-refractivity contribution in [1.29, 1.82) is 0 Å². The lowest BCUT2D eigenvalue weighted by molar-refractivity contribution is 0.141. The highest BCUT2D eigenvalue weighted by Crippen LogP contribution is 2.20. The van der Waals surface area contributed by atoms with Crippen LogP contribution in [0.2, 0.25) is 0 Å². The van der Waals surface area contributed by atoms with E-state index in [4.69, 9.17) is 9.47 Å². The van der Waals surface area contributed by atoms with E-state index in [1.54, 1.807) is 0 Å². The van der Waals surface area contributed by atoms with Gasteiger partial charge in [-0.3, -0.25) is 4.98 Å². The van der Waals surface area contributed by atoms with Crippen LogP contribution in [0.1, 0.15) is 25.0 Å². The smallest absolute Gasteiger partial charge is 0.138 e. The normalized spacial score (nSPS) is 23.9. The molecular formula is C13H18N2O2. The van der Waals surface area contributed by atoms with Crippen LogP contribution in [0.5, 0.6) is 5.75 Å². The van der Waals surface area contributed by atoms with Crippen LogP contribution in [0.4, 0.5) is 0 Å². The Morgan fingerprint density at radius 2 is 2.29 bits per heavy atom. The minimum Gasteiger partial charge on any atom is -0.486 e. The van der Waals surface area contributed by atoms with E-state index in [9.17, 15) is 0 Å². The number of hydrogen-bond acceptors (Lipinski definition) is 4. The summed E-state index contributed by atoms with van der Waals surface area (Å²) in [5.41, 5.74) is 1.08. The molecule has 0 spiro atoms. The maximum Gasteiger partial charge on any atom is 0.138 e. The van der Waals surface area contributed by atoms with Gasteiger partial charge in [-0.2, -0.15) is 0 Å². The molecule has 2 heterocycles. The molecule has 1 aliphatic heterocycles. The van der Waals surface area contributed by atoms with Crippen LogP contribution >= 0.6 is 0 Å². The fourth-order valence-corrected chi connectivity index (χ4v) is 1.92. The molecule has 1 saturated carbocycles. The Bertz CT molecular complexity index is 356. The van der Waals surface area contributed by atoms with Crippen LogP contribution in [0.3, 0.4) is 0 Å². The predicted molar refractivity (Wildman–Crippen MR) is 64.0 cm³/mol. The maximum atomic E-state index is 5.76. The van der Waals surface area contributed by atoms with E-state index in [0.717, 1.165) is 37.1 Å². The van der Waals surface area contributed by atoms with E-state index in [-0.39, 0.29) is 6.10 Å². The fraction of sp³-hybridized carbons (Fsp3) is 0.615. The van der Waals surface area contributed by atoms with Crippen molar-refractivity contribution in [3.8, 4) is 5.75 Å². The van der Waals surface area contributed by atoms with E-state index >= 15 is 0 Å². The first-order valence-electron chi connectivity index (χ1n) is 6.33. The predicted octanol–water partition coefficient (Wildman–Crippen LogP) is 1.50. The summed E-state index contributed by atoms with van der Waals surface area (Å²) in [6, 6.07) is 4.75. The van der Waals surface area contributed by atoms with Gasteiger partial charge in [0.1, 0.15) is 11.9 Å². The minimum atomic E-state index is 0.201. The van der Waals surface area contributed by atoms with Crippen molar-refractivity contribution in [2.45, 2.75) is 38.0 Å². The number of nitrogens with one attached hydrogen (secondary N) is 1. The standard InChI is InChI=1S/C13H18N2O2/c1-2-10(1)14-7-11-3-4-12(8-15-11)17-13-5-6-16-9-13/h3-4,8,10,13-14H,1-2,5-7,9H2. The molecule has 0 aromatic carbocycles. The molecule has 17 heavy (non-hydrogen) atoms. The maximum absolute atomic E-state index is 5.76. The first-order valence-corrected chi connectivity index (χ1v) is 6.33. The van der Waals surface area contributed by atoms with Crippen LogP contribution in [-0.2, 0) is 11.3 Å². The zero-order valence-corrected chi connectivity index (χ0v) is 9.89. The Kier molecular flexibility index (Phi) is 3.25. The van der Waals surface area contributed by atoms with Crippen LogP contribution in [-0.4, -0.2) is 30.3 Å². The summed E-state index contributed by atoms with van der Waals surface area (Å²) in [4.78, 5) is 4.39. The Balaban J connectivity index is 1.51. The lowest BCUT2D eigenvalue weighted by Gasteiger charge is -2.11. The molecule has 2 aliphatic rings. The number of hydrogen-bond donors (Lipinski definition) is 1. The van der Waals surface area contributed by atoms with Gasteiger partial charge in [0.25, 0.3) is 0 Å². The number of ether oxygens (including phenoxy) is 2. The zero-order chi connectivity index (χ0) is 11.5. The third-order valence-electron chi connectivity index (χ3n) is 3.14. The molecule has 0 amide bonds. The van der Waals surface area contributed by atoms with Gasteiger partial charge in [0.05, 0.1) is 25.1 Å². The van der Waals surface area contributed by atoms with Gasteiger partial charge in [-0.1, -0.05) is 0 Å². The van der Waals surface area contributed by atoms with Gasteiger partial charge in [0.15, 0.2) is 0 Å². The molecule has 0 bridgehead atoms. The van der Waals surface area contributed by atoms with Crippen molar-refractivity contribution in [3.05, 3.63) is 24.0 Å². The van der Waals surface area contributed by atoms with E-state index in [1.807, 2.05) is 18.3 Å². The SMILES string of the molecule is c1cc(CNC2CC2)ncc1OC1CCOC1. The summed E-state index contributed by atoms with van der Waals surface area (Å²) in [5, 5.41) is 3.44. The van der Waals surface area contributed by atoms with Crippen molar-refractivity contribution in [3.63, 3.8) is 0 Å². The number of pyridine rings is 1. The quantitative estimate of drug-likeness (QED) is 0.838. The zero-order valence-electron chi connectivity index (χ0n) is 9.89. The number of rotatable bonds is 5. The summed E-state index contributed by atoms with van der Waals surface area (Å²) in [5.74, 6) is 0.843. The second kappa shape index (κ2) is 5.02. The third-order valence-corrected chi connectivity index (χ3v) is 3.14. The molecule has 1 N–H and O–H groups in total. The largest absolute Gasteiger partial charge is 0.486 e. The van der Waals surface area contributed by atoms with Crippen LogP contribution in [0.15, 0.2) is 18.3 Å². The topological polar surface area (TPSA) is 43.4 Å². The first-order chi connectivity index (χ1) is 8.40. The Morgan fingerprint density at radius 3 is 2.94 bits per heavy atom. The molecule has 0 radical (unpaired) electrons. The van der Waals surface area contributed by atoms with Crippen molar-refractivity contribution in [2.24, 2.45) is 0 Å². The summed E-state index contributed by atoms with van der Waals surface area (Å²) >= 11 is 0. The molecule has 1 aromatic heterocycles. The fourth-order valence-electron chi connectivity index (χ4n) is 1.92. The molecule has 1 aliphatic carbocycles. The van der Waals surface area contributed by atoms with Crippen molar-refractivity contribution in [1.82, 2.24) is 10.3 Å². The molecule has 1 aromatic rings. The number of nitrogens with zero attached hydrogens (tertiary/aromatic N) is 1. The van der Waals surface area contributed by atoms with E-state index in [0.29, 0.717) is 6.61 Å². The third kappa shape index (κ3) is 3.17. The highest BCUT2D eigenvalue weighted by atomic mass is 16.5. The van der Waals surface area contributed by atoms with Crippen molar-refractivity contribution >= 4 is 0 Å². The second-order valence-electron chi connectivity index (χ2n) is 4.74. The Morgan fingerprint density at radius 1 is 1.35 bits per heavy atom. The Hall–Kier alpha value is -1.13. The van der Waals surface area contributed by atoms with Gasteiger partial charge in [-0.25, -0.2) is 0 Å². The van der Waals surface area contributed by atoms with Crippen molar-refractivity contribution < 1.29 is 9.47 Å². The average molecular weight is 234 g/mol. The highest BCUT2D eigenvalue weighted by molar-refractivity contribution is 5.20. The summed E-state index contributed by atoms with van der Waals surface area (Å²) in [6.45, 7) is 2.37. The molecular weight excluding hydrogens is 216 g/mol.